The Balaban J connectivity index is 1.91. The highest BCUT2D eigenvalue weighted by molar-refractivity contribution is 5.87. The van der Waals surface area contributed by atoms with Crippen LogP contribution in [-0.4, -0.2) is 61.2 Å². The molecule has 4 rings (SSSR count). The number of carbonyl (C=O) groups is 2. The van der Waals surface area contributed by atoms with Crippen molar-refractivity contribution in [1.82, 2.24) is 0 Å². The molecule has 0 saturated heterocycles. The third kappa shape index (κ3) is 2.35. The summed E-state index contributed by atoms with van der Waals surface area (Å²) < 4.78 is 5.67. The molecule has 4 aliphatic rings. The summed E-state index contributed by atoms with van der Waals surface area (Å²) in [5.74, 6) is -1.49. The Morgan fingerprint density at radius 2 is 1.77 bits per heavy atom. The predicted molar refractivity (Wildman–Crippen MR) is 107 cm³/mol. The van der Waals surface area contributed by atoms with E-state index in [0.29, 0.717) is 19.3 Å². The van der Waals surface area contributed by atoms with Gasteiger partial charge in [-0.3, -0.25) is 9.59 Å². The van der Waals surface area contributed by atoms with E-state index in [9.17, 15) is 30.0 Å². The quantitative estimate of drug-likeness (QED) is 0.392. The molecule has 8 atom stereocenters. The van der Waals surface area contributed by atoms with Crippen molar-refractivity contribution in [1.29, 1.82) is 0 Å². The second-order valence-corrected chi connectivity index (χ2v) is 10.5. The van der Waals surface area contributed by atoms with Crippen molar-refractivity contribution in [2.75, 3.05) is 0 Å². The van der Waals surface area contributed by atoms with Crippen LogP contribution in [0.25, 0.3) is 0 Å². The van der Waals surface area contributed by atoms with Gasteiger partial charge in [-0.05, 0) is 64.2 Å². The summed E-state index contributed by atoms with van der Waals surface area (Å²) in [5, 5.41) is 45.8. The highest BCUT2D eigenvalue weighted by Crippen LogP contribution is 2.70. The molecular weight excluding hydrogens is 388 g/mol. The molecule has 0 aliphatic heterocycles. The van der Waals surface area contributed by atoms with E-state index in [0.717, 1.165) is 5.57 Å². The zero-order valence-corrected chi connectivity index (χ0v) is 18.3. The predicted octanol–water partition coefficient (Wildman–Crippen LogP) is 1.40. The molecule has 0 heterocycles. The Kier molecular flexibility index (Phi) is 4.66. The van der Waals surface area contributed by atoms with Crippen LogP contribution in [0.5, 0.6) is 0 Å². The minimum Gasteiger partial charge on any atom is -0.462 e. The van der Waals surface area contributed by atoms with E-state index < -0.39 is 57.5 Å². The highest BCUT2D eigenvalue weighted by Gasteiger charge is 2.81. The van der Waals surface area contributed by atoms with Crippen LogP contribution in [0.1, 0.15) is 72.6 Å². The van der Waals surface area contributed by atoms with E-state index in [4.69, 9.17) is 4.74 Å². The van der Waals surface area contributed by atoms with Crippen LogP contribution in [0.15, 0.2) is 11.6 Å². The summed E-state index contributed by atoms with van der Waals surface area (Å²) in [4.78, 5) is 24.6. The van der Waals surface area contributed by atoms with Crippen molar-refractivity contribution >= 4 is 11.8 Å². The molecule has 4 aliphatic carbocycles. The van der Waals surface area contributed by atoms with Gasteiger partial charge in [-0.2, -0.15) is 0 Å². The highest BCUT2D eigenvalue weighted by atomic mass is 16.5. The molecule has 168 valence electrons. The lowest BCUT2D eigenvalue weighted by Gasteiger charge is -2.67. The fourth-order valence-corrected chi connectivity index (χ4v) is 7.57. The van der Waals surface area contributed by atoms with Crippen molar-refractivity contribution in [2.45, 2.75) is 102 Å². The molecule has 0 amide bonds. The molecule has 0 spiro atoms. The molecule has 0 aromatic heterocycles. The molecule has 4 N–H and O–H groups in total. The van der Waals surface area contributed by atoms with E-state index in [-0.39, 0.29) is 25.7 Å². The van der Waals surface area contributed by atoms with E-state index >= 15 is 0 Å². The number of aliphatic hydroxyl groups is 4. The van der Waals surface area contributed by atoms with E-state index in [2.05, 4.69) is 0 Å². The van der Waals surface area contributed by atoms with Crippen LogP contribution in [0.3, 0.4) is 0 Å². The Morgan fingerprint density at radius 3 is 2.37 bits per heavy atom. The number of hydrogen-bond acceptors (Lipinski definition) is 7. The van der Waals surface area contributed by atoms with Gasteiger partial charge in [0.1, 0.15) is 22.9 Å². The maximum atomic E-state index is 12.6. The largest absolute Gasteiger partial charge is 0.462 e. The van der Waals surface area contributed by atoms with E-state index in [1.807, 2.05) is 13.0 Å². The molecular formula is C23H34O7. The molecule has 30 heavy (non-hydrogen) atoms. The minimum absolute atomic E-state index is 0.00583. The van der Waals surface area contributed by atoms with E-state index in [1.165, 1.54) is 13.8 Å². The van der Waals surface area contributed by atoms with Gasteiger partial charge in [0.2, 0.25) is 0 Å². The summed E-state index contributed by atoms with van der Waals surface area (Å²) >= 11 is 0. The van der Waals surface area contributed by atoms with Crippen LogP contribution < -0.4 is 0 Å². The lowest BCUT2D eigenvalue weighted by molar-refractivity contribution is -0.314. The molecule has 7 nitrogen and oxygen atoms in total. The fraction of sp³-hybridized carbons (Fsp3) is 0.826. The fourth-order valence-electron chi connectivity index (χ4n) is 7.57. The van der Waals surface area contributed by atoms with Gasteiger partial charge in [0, 0.05) is 12.8 Å². The second-order valence-electron chi connectivity index (χ2n) is 10.5. The van der Waals surface area contributed by atoms with Gasteiger partial charge in [-0.1, -0.05) is 18.6 Å². The number of aliphatic hydroxyl groups excluding tert-OH is 1. The molecule has 0 aromatic carbocycles. The summed E-state index contributed by atoms with van der Waals surface area (Å²) in [6, 6.07) is 0. The van der Waals surface area contributed by atoms with E-state index in [1.54, 1.807) is 6.92 Å². The molecule has 0 radical (unpaired) electrons. The van der Waals surface area contributed by atoms with Crippen molar-refractivity contribution in [2.24, 2.45) is 16.7 Å². The zero-order chi connectivity index (χ0) is 22.3. The maximum absolute atomic E-state index is 12.6. The molecule has 7 heteroatoms. The van der Waals surface area contributed by atoms with Gasteiger partial charge in [0.05, 0.1) is 11.5 Å². The van der Waals surface area contributed by atoms with Crippen molar-refractivity contribution < 1.29 is 34.8 Å². The van der Waals surface area contributed by atoms with Crippen LogP contribution >= 0.6 is 0 Å². The van der Waals surface area contributed by atoms with Crippen molar-refractivity contribution in [3.63, 3.8) is 0 Å². The number of rotatable bonds is 2. The first-order valence-electron chi connectivity index (χ1n) is 11.0. The first-order chi connectivity index (χ1) is 13.8. The summed E-state index contributed by atoms with van der Waals surface area (Å²) in [6.07, 6.45) is 2.76. The summed E-state index contributed by atoms with van der Waals surface area (Å²) in [6.45, 7) is 6.18. The van der Waals surface area contributed by atoms with Gasteiger partial charge < -0.3 is 25.2 Å². The van der Waals surface area contributed by atoms with Crippen molar-refractivity contribution in [3.05, 3.63) is 11.6 Å². The number of ketones is 1. The topological polar surface area (TPSA) is 124 Å². The average molecular weight is 423 g/mol. The maximum Gasteiger partial charge on any atom is 0.302 e. The standard InChI is InChI=1S/C23H34O7/c1-13(24)21(27)9-10-23(29)20(21,4)18(30-14(2)25)12-17-19(3)7-6-16(26)11-15(19)5-8-22(17,23)28/h5,16-18,26-29H,6-12H2,1-4H3/t16?,17-,18?,19+,20-,21+,22+,23+/m1/s1. The number of fused-ring (bicyclic) bond motifs is 5. The normalized spacial score (nSPS) is 52.5. The molecule has 0 bridgehead atoms. The molecule has 0 aromatic rings. The smallest absolute Gasteiger partial charge is 0.302 e. The Morgan fingerprint density at radius 1 is 1.10 bits per heavy atom. The number of Topliss-reactive ketones (excluding diaryl/α,β-unsaturated/α-hetero) is 1. The van der Waals surface area contributed by atoms with Gasteiger partial charge in [0.15, 0.2) is 5.78 Å². The Labute approximate surface area is 177 Å². The molecule has 3 saturated carbocycles. The average Bonchev–Trinajstić information content (AvgIpc) is 2.88. The number of hydrogen-bond donors (Lipinski definition) is 4. The third-order valence-corrected chi connectivity index (χ3v) is 9.46. The third-order valence-electron chi connectivity index (χ3n) is 9.46. The van der Waals surface area contributed by atoms with Gasteiger partial charge in [0.25, 0.3) is 0 Å². The zero-order valence-electron chi connectivity index (χ0n) is 18.3. The number of ether oxygens (including phenoxy) is 1. The van der Waals surface area contributed by atoms with Crippen LogP contribution in [0.4, 0.5) is 0 Å². The van der Waals surface area contributed by atoms with Crippen LogP contribution in [0, 0.1) is 16.7 Å². The Hall–Kier alpha value is -1.28. The molecule has 3 fully saturated rings. The number of carbonyl (C=O) groups excluding carboxylic acids is 2. The van der Waals surface area contributed by atoms with Gasteiger partial charge >= 0.3 is 5.97 Å². The van der Waals surface area contributed by atoms with Crippen molar-refractivity contribution in [3.8, 4) is 0 Å². The first-order valence-corrected chi connectivity index (χ1v) is 11.0. The van der Waals surface area contributed by atoms with Crippen LogP contribution in [0.2, 0.25) is 0 Å². The second kappa shape index (κ2) is 6.37. The number of esters is 1. The SMILES string of the molecule is CC(=O)OC1C[C@@H]2[C@@]3(C)CCC(O)CC3=CC[C@@]2(O)[C@]2(O)CC[C@](O)(C(C)=O)[C@@]12C. The lowest BCUT2D eigenvalue weighted by Crippen LogP contribution is -2.78. The van der Waals surface area contributed by atoms with Gasteiger partial charge in [-0.15, -0.1) is 0 Å². The molecule has 2 unspecified atom stereocenters. The minimum atomic E-state index is -1.91. The van der Waals surface area contributed by atoms with Gasteiger partial charge in [-0.25, -0.2) is 0 Å². The monoisotopic (exact) mass is 422 g/mol. The first kappa shape index (κ1) is 21.9. The lowest BCUT2D eigenvalue weighted by atomic mass is 9.42. The van der Waals surface area contributed by atoms with Crippen LogP contribution in [-0.2, 0) is 14.3 Å². The summed E-state index contributed by atoms with van der Waals surface area (Å²) in [5.41, 5.74) is -6.26. The summed E-state index contributed by atoms with van der Waals surface area (Å²) in [7, 11) is 0. The Bertz CT molecular complexity index is 822.